The minimum Gasteiger partial charge on any atom is -0.506 e. The predicted octanol–water partition coefficient (Wildman–Crippen LogP) is 3.85. The van der Waals surface area contributed by atoms with Crippen molar-refractivity contribution < 1.29 is 19.7 Å². The summed E-state index contributed by atoms with van der Waals surface area (Å²) in [5, 5.41) is 21.8. The number of benzene rings is 2. The third-order valence-corrected chi connectivity index (χ3v) is 5.03. The van der Waals surface area contributed by atoms with Gasteiger partial charge in [-0.1, -0.05) is 0 Å². The van der Waals surface area contributed by atoms with Gasteiger partial charge in [0.2, 0.25) is 0 Å². The van der Waals surface area contributed by atoms with Gasteiger partial charge >= 0.3 is 0 Å². The number of ether oxygens (including phenoxy) is 1. The molecule has 4 nitrogen and oxygen atoms in total. The van der Waals surface area contributed by atoms with E-state index in [4.69, 9.17) is 4.74 Å². The van der Waals surface area contributed by atoms with Crippen LogP contribution in [0.3, 0.4) is 0 Å². The number of aryl methyl sites for hydroxylation is 1. The van der Waals surface area contributed by atoms with Gasteiger partial charge in [0.1, 0.15) is 17.2 Å². The highest BCUT2D eigenvalue weighted by atomic mass is 79.9. The maximum atomic E-state index is 12.2. The molecular weight excluding hydrogens is 336 g/mol. The van der Waals surface area contributed by atoms with Crippen LogP contribution in [0.1, 0.15) is 34.3 Å². The monoisotopic (exact) mass is 350 g/mol. The van der Waals surface area contributed by atoms with Crippen molar-refractivity contribution in [1.82, 2.24) is 0 Å². The summed E-state index contributed by atoms with van der Waals surface area (Å²) in [6.45, 7) is 1.85. The summed E-state index contributed by atoms with van der Waals surface area (Å²) in [4.78, 5) is 12.2. The topological polar surface area (TPSA) is 66.8 Å². The SMILES string of the molecule is COc1c2c(c(O)c3c(O)c(Br)c(C)cc13)C(=O)CCC2. The summed E-state index contributed by atoms with van der Waals surface area (Å²) in [6, 6.07) is 1.84. The zero-order chi connectivity index (χ0) is 15.3. The van der Waals surface area contributed by atoms with E-state index < -0.39 is 0 Å². The van der Waals surface area contributed by atoms with E-state index in [1.54, 1.807) is 7.11 Å². The zero-order valence-corrected chi connectivity index (χ0v) is 13.4. The molecule has 0 atom stereocenters. The van der Waals surface area contributed by atoms with Gasteiger partial charge in [0.05, 0.1) is 22.5 Å². The van der Waals surface area contributed by atoms with Crippen molar-refractivity contribution in [2.75, 3.05) is 7.11 Å². The lowest BCUT2D eigenvalue weighted by molar-refractivity contribution is 0.0969. The fourth-order valence-electron chi connectivity index (χ4n) is 3.06. The van der Waals surface area contributed by atoms with Crippen LogP contribution in [0.15, 0.2) is 10.5 Å². The van der Waals surface area contributed by atoms with E-state index in [0.717, 1.165) is 17.5 Å². The van der Waals surface area contributed by atoms with Gasteiger partial charge in [-0.2, -0.15) is 0 Å². The number of ketones is 1. The Labute approximate surface area is 130 Å². The fraction of sp³-hybridized carbons (Fsp3) is 0.312. The average Bonchev–Trinajstić information content (AvgIpc) is 2.45. The molecule has 0 fully saturated rings. The number of phenolic OH excluding ortho intramolecular Hbond substituents is 2. The molecule has 0 heterocycles. The molecule has 0 aromatic heterocycles. The van der Waals surface area contributed by atoms with Gasteiger partial charge in [0.25, 0.3) is 0 Å². The van der Waals surface area contributed by atoms with Gasteiger partial charge < -0.3 is 14.9 Å². The summed E-state index contributed by atoms with van der Waals surface area (Å²) in [5.74, 6) is 0.243. The molecule has 110 valence electrons. The van der Waals surface area contributed by atoms with Crippen molar-refractivity contribution >= 4 is 32.5 Å². The second kappa shape index (κ2) is 4.91. The molecule has 0 unspecified atom stereocenters. The Morgan fingerprint density at radius 3 is 2.62 bits per heavy atom. The van der Waals surface area contributed by atoms with E-state index in [1.807, 2.05) is 13.0 Å². The number of rotatable bonds is 1. The van der Waals surface area contributed by atoms with Gasteiger partial charge in [-0.15, -0.1) is 0 Å². The van der Waals surface area contributed by atoms with E-state index in [0.29, 0.717) is 28.5 Å². The first-order chi connectivity index (χ1) is 9.97. The number of hydrogen-bond acceptors (Lipinski definition) is 4. The Balaban J connectivity index is 2.56. The summed E-state index contributed by atoms with van der Waals surface area (Å²) >= 11 is 3.31. The number of phenols is 2. The van der Waals surface area contributed by atoms with E-state index in [1.165, 1.54) is 0 Å². The summed E-state index contributed by atoms with van der Waals surface area (Å²) in [7, 11) is 1.54. The van der Waals surface area contributed by atoms with Crippen molar-refractivity contribution in [2.24, 2.45) is 0 Å². The number of aromatic hydroxyl groups is 2. The molecule has 0 saturated carbocycles. The molecule has 1 aliphatic rings. The van der Waals surface area contributed by atoms with Crippen LogP contribution in [0.5, 0.6) is 17.2 Å². The standard InChI is InChI=1S/C16H15BrO4/c1-7-6-9-12(15(20)13(7)17)14(19)11-8(16(9)21-2)4-3-5-10(11)18/h6,19-20H,3-5H2,1-2H3. The minimum absolute atomic E-state index is 0.0676. The summed E-state index contributed by atoms with van der Waals surface area (Å²) in [6.07, 6.45) is 1.83. The molecule has 2 N–H and O–H groups in total. The molecule has 3 rings (SSSR count). The molecule has 21 heavy (non-hydrogen) atoms. The lowest BCUT2D eigenvalue weighted by atomic mass is 9.86. The quantitative estimate of drug-likeness (QED) is 0.819. The molecule has 2 aromatic carbocycles. The molecule has 1 aliphatic carbocycles. The van der Waals surface area contributed by atoms with Crippen molar-refractivity contribution in [1.29, 1.82) is 0 Å². The molecule has 0 spiro atoms. The van der Waals surface area contributed by atoms with Gasteiger partial charge in [-0.25, -0.2) is 0 Å². The van der Waals surface area contributed by atoms with Crippen LogP contribution in [-0.4, -0.2) is 23.1 Å². The van der Waals surface area contributed by atoms with E-state index in [-0.39, 0.29) is 28.2 Å². The predicted molar refractivity (Wildman–Crippen MR) is 83.5 cm³/mol. The number of carbonyl (C=O) groups is 1. The number of methoxy groups -OCH3 is 1. The Morgan fingerprint density at radius 1 is 1.24 bits per heavy atom. The van der Waals surface area contributed by atoms with E-state index >= 15 is 0 Å². The highest BCUT2D eigenvalue weighted by Crippen LogP contribution is 2.49. The Kier molecular flexibility index (Phi) is 3.32. The number of carbonyl (C=O) groups excluding carboxylic acids is 1. The van der Waals surface area contributed by atoms with Gasteiger partial charge in [0.15, 0.2) is 5.78 Å². The van der Waals surface area contributed by atoms with Crippen LogP contribution in [0, 0.1) is 6.92 Å². The number of halogens is 1. The maximum absolute atomic E-state index is 12.2. The maximum Gasteiger partial charge on any atom is 0.167 e. The first-order valence-corrected chi connectivity index (χ1v) is 7.53. The van der Waals surface area contributed by atoms with Crippen molar-refractivity contribution in [2.45, 2.75) is 26.2 Å². The van der Waals surface area contributed by atoms with Crippen LogP contribution in [0.2, 0.25) is 0 Å². The molecule has 0 aliphatic heterocycles. The van der Waals surface area contributed by atoms with Crippen LogP contribution in [-0.2, 0) is 6.42 Å². The highest BCUT2D eigenvalue weighted by molar-refractivity contribution is 9.10. The molecule has 2 aromatic rings. The first kappa shape index (κ1) is 14.2. The highest BCUT2D eigenvalue weighted by Gasteiger charge is 2.29. The van der Waals surface area contributed by atoms with Gasteiger partial charge in [-0.3, -0.25) is 4.79 Å². The van der Waals surface area contributed by atoms with Crippen molar-refractivity contribution in [3.8, 4) is 17.2 Å². The number of hydrogen-bond donors (Lipinski definition) is 2. The normalized spacial score (nSPS) is 14.3. The second-order valence-electron chi connectivity index (χ2n) is 5.29. The Morgan fingerprint density at radius 2 is 1.95 bits per heavy atom. The summed E-state index contributed by atoms with van der Waals surface area (Å²) in [5.41, 5.74) is 1.86. The third-order valence-electron chi connectivity index (χ3n) is 4.03. The largest absolute Gasteiger partial charge is 0.506 e. The lowest BCUT2D eigenvalue weighted by Gasteiger charge is -2.22. The Bertz CT molecular complexity index is 780. The second-order valence-corrected chi connectivity index (χ2v) is 6.08. The molecule has 0 amide bonds. The number of Topliss-reactive ketones (excluding diaryl/α,β-unsaturated/α-hetero) is 1. The molecule has 5 heteroatoms. The molecule has 0 radical (unpaired) electrons. The molecular formula is C16H15BrO4. The Hall–Kier alpha value is -1.75. The van der Waals surface area contributed by atoms with Crippen LogP contribution < -0.4 is 4.74 Å². The summed E-state index contributed by atoms with van der Waals surface area (Å²) < 4.78 is 6.00. The van der Waals surface area contributed by atoms with E-state index in [2.05, 4.69) is 15.9 Å². The average molecular weight is 351 g/mol. The zero-order valence-electron chi connectivity index (χ0n) is 11.8. The lowest BCUT2D eigenvalue weighted by Crippen LogP contribution is -2.13. The van der Waals surface area contributed by atoms with Crippen LogP contribution in [0.25, 0.3) is 10.8 Å². The molecule has 0 saturated heterocycles. The van der Waals surface area contributed by atoms with Crippen LogP contribution in [0.4, 0.5) is 0 Å². The molecule has 0 bridgehead atoms. The van der Waals surface area contributed by atoms with Crippen molar-refractivity contribution in [3.05, 3.63) is 27.2 Å². The van der Waals surface area contributed by atoms with E-state index in [9.17, 15) is 15.0 Å². The third kappa shape index (κ3) is 1.91. The minimum atomic E-state index is -0.149. The first-order valence-electron chi connectivity index (χ1n) is 6.74. The fourth-order valence-corrected chi connectivity index (χ4v) is 3.37. The van der Waals surface area contributed by atoms with Gasteiger partial charge in [-0.05, 0) is 47.3 Å². The smallest absolute Gasteiger partial charge is 0.167 e. The van der Waals surface area contributed by atoms with Crippen LogP contribution >= 0.6 is 15.9 Å². The van der Waals surface area contributed by atoms with Crippen molar-refractivity contribution in [3.63, 3.8) is 0 Å². The number of fused-ring (bicyclic) bond motifs is 2. The van der Waals surface area contributed by atoms with Gasteiger partial charge in [0, 0.05) is 17.4 Å².